The van der Waals surface area contributed by atoms with Gasteiger partial charge < -0.3 is 39.7 Å². The van der Waals surface area contributed by atoms with Gasteiger partial charge in [-0.2, -0.15) is 0 Å². The molecule has 0 bridgehead atoms. The number of carboxylic acid groups (broad SMARTS) is 1. The number of amides is 5. The highest BCUT2D eigenvalue weighted by atomic mass is 32.2. The molecule has 20 heteroatoms. The number of likely N-dealkylation sites (N-methyl/N-ethyl adjacent to an activating group) is 2. The minimum Gasteiger partial charge on any atom is -0.484 e. The Balaban J connectivity index is 1.45. The van der Waals surface area contributed by atoms with Crippen molar-refractivity contribution in [1.82, 2.24) is 29.6 Å². The first-order valence-corrected chi connectivity index (χ1v) is 26.9. The zero-order chi connectivity index (χ0) is 53.1. The van der Waals surface area contributed by atoms with Crippen molar-refractivity contribution in [3.05, 3.63) is 29.8 Å². The lowest BCUT2D eigenvalue weighted by molar-refractivity contribution is -0.149. The monoisotopic (exact) mass is 1020 g/mol. The molecule has 3 aliphatic rings. The molecule has 2 saturated heterocycles. The van der Waals surface area contributed by atoms with Crippen LogP contribution in [-0.2, 0) is 54.7 Å². The summed E-state index contributed by atoms with van der Waals surface area (Å²) in [5.41, 5.74) is 0.525. The van der Waals surface area contributed by atoms with Crippen molar-refractivity contribution in [2.24, 2.45) is 35.5 Å². The van der Waals surface area contributed by atoms with Crippen LogP contribution in [0.2, 0.25) is 0 Å². The second kappa shape index (κ2) is 26.3. The molecule has 0 unspecified atom stereocenters. The van der Waals surface area contributed by atoms with E-state index in [1.165, 1.54) is 14.0 Å². The summed E-state index contributed by atoms with van der Waals surface area (Å²) in [5, 5.41) is 23.0. The van der Waals surface area contributed by atoms with Gasteiger partial charge in [-0.1, -0.05) is 67.0 Å². The highest BCUT2D eigenvalue weighted by Crippen LogP contribution is 2.31. The quantitative estimate of drug-likeness (QED) is 0.0990. The van der Waals surface area contributed by atoms with Crippen LogP contribution in [0.1, 0.15) is 112 Å². The van der Waals surface area contributed by atoms with Crippen molar-refractivity contribution in [3.8, 4) is 5.75 Å². The molecule has 0 aromatic heterocycles. The zero-order valence-electron chi connectivity index (χ0n) is 43.8. The molecule has 19 nitrogen and oxygen atoms in total. The van der Waals surface area contributed by atoms with Crippen LogP contribution in [-0.4, -0.2) is 176 Å². The third-order valence-corrected chi connectivity index (χ3v) is 16.7. The number of methoxy groups -OCH3 is 1. The maximum atomic E-state index is 14.4. The number of hydrogen-bond donors (Lipinski definition) is 4. The molecule has 1 saturated carbocycles. The van der Waals surface area contributed by atoms with Gasteiger partial charge in [0.05, 0.1) is 53.8 Å². The zero-order valence-corrected chi connectivity index (χ0v) is 44.6. The predicted molar refractivity (Wildman–Crippen MR) is 266 cm³/mol. The number of Topliss-reactive ketones (excluding diaryl/α,β-unsaturated/α-hetero) is 1. The minimum atomic E-state index is -4.00. The molecule has 1 aliphatic carbocycles. The number of rotatable bonds is 27. The molecule has 1 aromatic carbocycles. The number of nitrogens with zero attached hydrogens (tertiary/aromatic N) is 4. The van der Waals surface area contributed by atoms with Crippen LogP contribution in [0.25, 0.3) is 0 Å². The highest BCUT2D eigenvalue weighted by Gasteiger charge is 2.44. The van der Waals surface area contributed by atoms with E-state index in [9.17, 15) is 52.2 Å². The van der Waals surface area contributed by atoms with E-state index in [0.717, 1.165) is 0 Å². The summed E-state index contributed by atoms with van der Waals surface area (Å²) >= 11 is 0. The Morgan fingerprint density at radius 3 is 1.97 bits per heavy atom. The summed E-state index contributed by atoms with van der Waals surface area (Å²) in [5.74, 6) is -5.49. The van der Waals surface area contributed by atoms with Gasteiger partial charge in [0.2, 0.25) is 27.7 Å². The van der Waals surface area contributed by atoms with Crippen LogP contribution in [0.3, 0.4) is 0 Å². The number of likely N-dealkylation sites (tertiary alicyclic amines) is 2. The first-order chi connectivity index (χ1) is 33.3. The number of hydrogen-bond acceptors (Lipinski definition) is 13. The number of piperidine rings is 1. The topological polar surface area (TPSA) is 250 Å². The van der Waals surface area contributed by atoms with Crippen LogP contribution >= 0.6 is 0 Å². The standard InChI is InChI=1S/C51H82N6O13S/c1-12-32(6)46(55(10)50(64)38(30(2)3)27-41(58)45(31(4)5)54(8)9)42(69-11)28-43(59)57-23-13-14-40(57)47(61)33(7)48(62)52-39(49(63)53-71(67,68)37-19-20-37)26-34-15-17-36(18-16-34)70-29-44(60)56-24-21-35(22-25-56)51(65)66/h15-18,30-33,35,37-40,42,45-47,61H,12-14,19-29H2,1-11H3,(H,52,62)(H,53,63)(H,65,66)/t32-,33+,38-,39-,40-,42+,45-,46-,47+/m0/s1. The summed E-state index contributed by atoms with van der Waals surface area (Å²) in [6, 6.07) is 3.34. The van der Waals surface area contributed by atoms with Crippen LogP contribution in [0.4, 0.5) is 0 Å². The van der Waals surface area contributed by atoms with Crippen molar-refractivity contribution in [3.63, 3.8) is 0 Å². The van der Waals surface area contributed by atoms with E-state index >= 15 is 0 Å². The number of carbonyl (C=O) groups excluding carboxylic acids is 6. The van der Waals surface area contributed by atoms with Crippen LogP contribution in [0.5, 0.6) is 5.75 Å². The van der Waals surface area contributed by atoms with Gasteiger partial charge in [-0.3, -0.25) is 43.2 Å². The van der Waals surface area contributed by atoms with Gasteiger partial charge in [-0.25, -0.2) is 8.42 Å². The number of aliphatic carboxylic acids is 1. The van der Waals surface area contributed by atoms with Crippen molar-refractivity contribution in [2.75, 3.05) is 54.5 Å². The molecule has 3 fully saturated rings. The van der Waals surface area contributed by atoms with Crippen LogP contribution in [0.15, 0.2) is 24.3 Å². The highest BCUT2D eigenvalue weighted by molar-refractivity contribution is 7.90. The smallest absolute Gasteiger partial charge is 0.306 e. The third kappa shape index (κ3) is 15.9. The average Bonchev–Trinajstić information content (AvgIpc) is 4.08. The van der Waals surface area contributed by atoms with Gasteiger partial charge in [-0.05, 0) is 88.1 Å². The van der Waals surface area contributed by atoms with Crippen LogP contribution < -0.4 is 14.8 Å². The molecule has 71 heavy (non-hydrogen) atoms. The molecule has 400 valence electrons. The van der Waals surface area contributed by atoms with Crippen molar-refractivity contribution in [1.29, 1.82) is 0 Å². The Morgan fingerprint density at radius 1 is 0.831 bits per heavy atom. The summed E-state index contributed by atoms with van der Waals surface area (Å²) in [6.45, 7) is 13.9. The maximum Gasteiger partial charge on any atom is 0.306 e. The van der Waals surface area contributed by atoms with Gasteiger partial charge >= 0.3 is 5.97 Å². The largest absolute Gasteiger partial charge is 0.484 e. The lowest BCUT2D eigenvalue weighted by atomic mass is 9.83. The fraction of sp³-hybridized carbons (Fsp3) is 0.745. The minimum absolute atomic E-state index is 0.00999. The van der Waals surface area contributed by atoms with E-state index in [1.54, 1.807) is 46.0 Å². The molecule has 1 aromatic rings. The number of aliphatic hydroxyl groups is 1. The molecule has 0 radical (unpaired) electrons. The summed E-state index contributed by atoms with van der Waals surface area (Å²) in [7, 11) is 2.91. The predicted octanol–water partition coefficient (Wildman–Crippen LogP) is 3.11. The summed E-state index contributed by atoms with van der Waals surface area (Å²) in [4.78, 5) is 101. The number of nitrogens with one attached hydrogen (secondary N) is 2. The van der Waals surface area contributed by atoms with Gasteiger partial charge in [0, 0.05) is 52.6 Å². The normalized spacial score (nSPS) is 20.1. The first-order valence-electron chi connectivity index (χ1n) is 25.4. The van der Waals surface area contributed by atoms with E-state index in [1.807, 2.05) is 60.5 Å². The molecule has 2 heterocycles. The van der Waals surface area contributed by atoms with Gasteiger partial charge in [0.25, 0.3) is 11.8 Å². The van der Waals surface area contributed by atoms with Gasteiger partial charge in [0.15, 0.2) is 12.4 Å². The van der Waals surface area contributed by atoms with E-state index < -0.39 is 81.1 Å². The summed E-state index contributed by atoms with van der Waals surface area (Å²) in [6.07, 6.45) is 0.815. The van der Waals surface area contributed by atoms with Crippen molar-refractivity contribution in [2.45, 2.75) is 154 Å². The lowest BCUT2D eigenvalue weighted by Crippen LogP contribution is -2.55. The number of sulfonamides is 1. The molecule has 0 spiro atoms. The molecular formula is C51H82N6O13S. The van der Waals surface area contributed by atoms with Crippen molar-refractivity contribution < 1.29 is 61.7 Å². The number of benzene rings is 1. The second-order valence-corrected chi connectivity index (χ2v) is 22.9. The fourth-order valence-electron chi connectivity index (χ4n) is 10.2. The number of carbonyl (C=O) groups is 7. The Morgan fingerprint density at radius 2 is 1.45 bits per heavy atom. The summed E-state index contributed by atoms with van der Waals surface area (Å²) < 4.78 is 39.6. The molecule has 4 N–H and O–H groups in total. The number of ether oxygens (including phenoxy) is 2. The third-order valence-electron chi connectivity index (χ3n) is 14.8. The SMILES string of the molecule is CC[C@H](C)[C@@H]([C@@H](CC(=O)N1CCC[C@H]1[C@H](O)[C@@H](C)C(=O)N[C@@H](Cc1ccc(OCC(=O)N2CCC(C(=O)O)CC2)cc1)C(=O)NS(=O)(=O)C1CC1)OC)N(C)C(=O)[C@@H](CC(=O)[C@H](C(C)C)N(C)C)C(C)C. The van der Waals surface area contributed by atoms with E-state index in [2.05, 4.69) is 10.0 Å². The number of aliphatic hydroxyl groups excluding tert-OH is 1. The van der Waals surface area contributed by atoms with E-state index in [0.29, 0.717) is 75.9 Å². The molecule has 9 atom stereocenters. The Bertz CT molecular complexity index is 2100. The fourth-order valence-corrected chi connectivity index (χ4v) is 11.5. The van der Waals surface area contributed by atoms with Crippen LogP contribution in [0, 0.1) is 35.5 Å². The Labute approximate surface area is 421 Å². The molecular weight excluding hydrogens is 937 g/mol. The second-order valence-electron chi connectivity index (χ2n) is 21.0. The van der Waals surface area contributed by atoms with Crippen molar-refractivity contribution >= 4 is 51.3 Å². The Hall–Kier alpha value is -4.66. The Kier molecular flexibility index (Phi) is 21.9. The van der Waals surface area contributed by atoms with E-state index in [-0.39, 0.29) is 73.2 Å². The van der Waals surface area contributed by atoms with Gasteiger partial charge in [-0.15, -0.1) is 0 Å². The molecule has 4 rings (SSSR count). The number of ketones is 1. The molecule has 2 aliphatic heterocycles. The average molecular weight is 1020 g/mol. The van der Waals surface area contributed by atoms with E-state index in [4.69, 9.17) is 9.47 Å². The number of carboxylic acids is 1. The molecule has 5 amide bonds. The maximum absolute atomic E-state index is 14.4. The first kappa shape index (κ1) is 58.9. The lowest BCUT2D eigenvalue weighted by Gasteiger charge is -2.40. The van der Waals surface area contributed by atoms with Gasteiger partial charge in [0.1, 0.15) is 11.8 Å².